The number of rotatable bonds is 7. The molecule has 1 unspecified atom stereocenters. The number of methoxy groups -OCH3 is 1. The molecule has 0 saturated heterocycles. The standard InChI is InChI=1S/C19H21N3O3/c1-14(11-12-24-2)21-19(23)22-16-5-9-18(10-6-16)25-17-7-3-15(13-20)4-8-17/h3-10,14H,11-12H2,1-2H3,(H2,21,22,23). The molecule has 2 aromatic rings. The number of amides is 2. The second kappa shape index (κ2) is 9.30. The molecule has 0 aliphatic carbocycles. The third-order valence-electron chi connectivity index (χ3n) is 3.46. The molecule has 2 rings (SSSR count). The number of nitrogens with zero attached hydrogens (tertiary/aromatic N) is 1. The molecule has 2 amide bonds. The summed E-state index contributed by atoms with van der Waals surface area (Å²) in [4.78, 5) is 11.9. The SMILES string of the molecule is COCCC(C)NC(=O)Nc1ccc(Oc2ccc(C#N)cc2)cc1. The van der Waals surface area contributed by atoms with E-state index in [1.54, 1.807) is 55.6 Å². The molecule has 6 heteroatoms. The van der Waals surface area contributed by atoms with Crippen LogP contribution in [0.2, 0.25) is 0 Å². The molecule has 2 aromatic carbocycles. The number of carbonyl (C=O) groups excluding carboxylic acids is 1. The number of carbonyl (C=O) groups is 1. The van der Waals surface area contributed by atoms with Gasteiger partial charge in [-0.3, -0.25) is 0 Å². The van der Waals surface area contributed by atoms with Gasteiger partial charge in [-0.15, -0.1) is 0 Å². The second-order valence-electron chi connectivity index (χ2n) is 5.54. The second-order valence-corrected chi connectivity index (χ2v) is 5.54. The molecule has 0 fully saturated rings. The van der Waals surface area contributed by atoms with Gasteiger partial charge in [0.25, 0.3) is 0 Å². The molecular formula is C19H21N3O3. The molecule has 0 heterocycles. The molecule has 0 saturated carbocycles. The van der Waals surface area contributed by atoms with Gasteiger partial charge in [-0.05, 0) is 61.9 Å². The van der Waals surface area contributed by atoms with Gasteiger partial charge in [-0.2, -0.15) is 5.26 Å². The van der Waals surface area contributed by atoms with E-state index in [4.69, 9.17) is 14.7 Å². The van der Waals surface area contributed by atoms with Gasteiger partial charge in [0.1, 0.15) is 11.5 Å². The highest BCUT2D eigenvalue weighted by molar-refractivity contribution is 5.89. The summed E-state index contributed by atoms with van der Waals surface area (Å²) in [6.45, 7) is 2.52. The quantitative estimate of drug-likeness (QED) is 0.801. The lowest BCUT2D eigenvalue weighted by atomic mass is 10.2. The lowest BCUT2D eigenvalue weighted by Gasteiger charge is -2.14. The van der Waals surface area contributed by atoms with Crippen LogP contribution in [-0.2, 0) is 4.74 Å². The van der Waals surface area contributed by atoms with E-state index in [-0.39, 0.29) is 12.1 Å². The molecule has 130 valence electrons. The van der Waals surface area contributed by atoms with Gasteiger partial charge in [0.15, 0.2) is 0 Å². The molecular weight excluding hydrogens is 318 g/mol. The number of anilines is 1. The van der Waals surface area contributed by atoms with E-state index in [0.29, 0.717) is 29.4 Å². The monoisotopic (exact) mass is 339 g/mol. The van der Waals surface area contributed by atoms with Crippen molar-refractivity contribution in [2.24, 2.45) is 0 Å². The largest absolute Gasteiger partial charge is 0.457 e. The Morgan fingerprint density at radius 2 is 1.72 bits per heavy atom. The molecule has 6 nitrogen and oxygen atoms in total. The first-order valence-electron chi connectivity index (χ1n) is 7.95. The highest BCUT2D eigenvalue weighted by atomic mass is 16.5. The topological polar surface area (TPSA) is 83.4 Å². The van der Waals surface area contributed by atoms with E-state index in [0.717, 1.165) is 6.42 Å². The minimum Gasteiger partial charge on any atom is -0.457 e. The maximum atomic E-state index is 11.9. The molecule has 1 atom stereocenters. The Morgan fingerprint density at radius 1 is 1.12 bits per heavy atom. The van der Waals surface area contributed by atoms with Crippen molar-refractivity contribution in [3.8, 4) is 17.6 Å². The number of nitriles is 1. The molecule has 0 aliphatic rings. The van der Waals surface area contributed by atoms with E-state index >= 15 is 0 Å². The van der Waals surface area contributed by atoms with Crippen LogP contribution in [0.15, 0.2) is 48.5 Å². The Labute approximate surface area is 147 Å². The highest BCUT2D eigenvalue weighted by Crippen LogP contribution is 2.23. The summed E-state index contributed by atoms with van der Waals surface area (Å²) < 4.78 is 10.7. The van der Waals surface area contributed by atoms with Gasteiger partial charge in [0.2, 0.25) is 0 Å². The Kier molecular flexibility index (Phi) is 6.81. The zero-order valence-corrected chi connectivity index (χ0v) is 14.3. The fraction of sp³-hybridized carbons (Fsp3) is 0.263. The van der Waals surface area contributed by atoms with E-state index in [1.807, 2.05) is 6.92 Å². The van der Waals surface area contributed by atoms with Crippen LogP contribution in [0.3, 0.4) is 0 Å². The summed E-state index contributed by atoms with van der Waals surface area (Å²) in [5.74, 6) is 1.29. The molecule has 0 aromatic heterocycles. The van der Waals surface area contributed by atoms with E-state index in [9.17, 15) is 4.79 Å². The molecule has 2 N–H and O–H groups in total. The summed E-state index contributed by atoms with van der Waals surface area (Å²) in [6, 6.07) is 15.7. The fourth-order valence-electron chi connectivity index (χ4n) is 2.10. The average molecular weight is 339 g/mol. The Balaban J connectivity index is 1.86. The predicted molar refractivity (Wildman–Crippen MR) is 95.8 cm³/mol. The van der Waals surface area contributed by atoms with Crippen LogP contribution < -0.4 is 15.4 Å². The number of ether oxygens (including phenoxy) is 2. The van der Waals surface area contributed by atoms with E-state index in [1.165, 1.54) is 0 Å². The van der Waals surface area contributed by atoms with Crippen molar-refractivity contribution < 1.29 is 14.3 Å². The highest BCUT2D eigenvalue weighted by Gasteiger charge is 2.07. The molecule has 0 bridgehead atoms. The summed E-state index contributed by atoms with van der Waals surface area (Å²) in [6.07, 6.45) is 0.751. The van der Waals surface area contributed by atoms with E-state index in [2.05, 4.69) is 16.7 Å². The Hall–Kier alpha value is -3.04. The maximum absolute atomic E-state index is 11.9. The van der Waals surface area contributed by atoms with Gasteiger partial charge in [0.05, 0.1) is 11.6 Å². The zero-order chi connectivity index (χ0) is 18.1. The Morgan fingerprint density at radius 3 is 2.28 bits per heavy atom. The average Bonchev–Trinajstić information content (AvgIpc) is 2.62. The fourth-order valence-corrected chi connectivity index (χ4v) is 2.10. The molecule has 25 heavy (non-hydrogen) atoms. The number of hydrogen-bond acceptors (Lipinski definition) is 4. The Bertz CT molecular complexity index is 721. The third-order valence-corrected chi connectivity index (χ3v) is 3.46. The normalized spacial score (nSPS) is 11.2. The molecule has 0 aliphatic heterocycles. The van der Waals surface area contributed by atoms with Crippen LogP contribution in [0.5, 0.6) is 11.5 Å². The van der Waals surface area contributed by atoms with Crippen molar-refractivity contribution in [2.45, 2.75) is 19.4 Å². The van der Waals surface area contributed by atoms with Crippen molar-refractivity contribution in [2.75, 3.05) is 19.0 Å². The minimum absolute atomic E-state index is 0.0268. The lowest BCUT2D eigenvalue weighted by Crippen LogP contribution is -2.36. The van der Waals surface area contributed by atoms with Crippen LogP contribution in [0.4, 0.5) is 10.5 Å². The van der Waals surface area contributed by atoms with Crippen LogP contribution in [0, 0.1) is 11.3 Å². The smallest absolute Gasteiger partial charge is 0.319 e. The van der Waals surface area contributed by atoms with Gasteiger partial charge < -0.3 is 20.1 Å². The minimum atomic E-state index is -0.260. The number of benzene rings is 2. The lowest BCUT2D eigenvalue weighted by molar-refractivity contribution is 0.185. The first kappa shape index (κ1) is 18.3. The predicted octanol–water partition coefficient (Wildman–Crippen LogP) is 3.90. The number of urea groups is 1. The van der Waals surface area contributed by atoms with Crippen molar-refractivity contribution >= 4 is 11.7 Å². The van der Waals surface area contributed by atoms with Crippen molar-refractivity contribution in [3.63, 3.8) is 0 Å². The van der Waals surface area contributed by atoms with Crippen LogP contribution >= 0.6 is 0 Å². The van der Waals surface area contributed by atoms with Gasteiger partial charge >= 0.3 is 6.03 Å². The summed E-state index contributed by atoms with van der Waals surface area (Å²) >= 11 is 0. The summed E-state index contributed by atoms with van der Waals surface area (Å²) in [7, 11) is 1.63. The first-order valence-corrected chi connectivity index (χ1v) is 7.95. The maximum Gasteiger partial charge on any atom is 0.319 e. The summed E-state index contributed by atoms with van der Waals surface area (Å²) in [5.41, 5.74) is 1.25. The molecule has 0 spiro atoms. The van der Waals surface area contributed by atoms with Gasteiger partial charge in [-0.25, -0.2) is 4.79 Å². The zero-order valence-electron chi connectivity index (χ0n) is 14.3. The van der Waals surface area contributed by atoms with Crippen LogP contribution in [0.25, 0.3) is 0 Å². The van der Waals surface area contributed by atoms with Gasteiger partial charge in [-0.1, -0.05) is 0 Å². The number of nitrogens with one attached hydrogen (secondary N) is 2. The van der Waals surface area contributed by atoms with E-state index < -0.39 is 0 Å². The third kappa shape index (κ3) is 6.16. The van der Waals surface area contributed by atoms with Crippen molar-refractivity contribution in [1.29, 1.82) is 5.26 Å². The first-order chi connectivity index (χ1) is 12.1. The number of hydrogen-bond donors (Lipinski definition) is 2. The van der Waals surface area contributed by atoms with Crippen LogP contribution in [0.1, 0.15) is 18.9 Å². The van der Waals surface area contributed by atoms with Crippen molar-refractivity contribution in [1.82, 2.24) is 5.32 Å². The molecule has 0 radical (unpaired) electrons. The van der Waals surface area contributed by atoms with Gasteiger partial charge in [0, 0.05) is 25.4 Å². The van der Waals surface area contributed by atoms with Crippen molar-refractivity contribution in [3.05, 3.63) is 54.1 Å². The summed E-state index contributed by atoms with van der Waals surface area (Å²) in [5, 5.41) is 14.4. The van der Waals surface area contributed by atoms with Crippen LogP contribution in [-0.4, -0.2) is 25.8 Å².